The van der Waals surface area contributed by atoms with Crippen molar-refractivity contribution in [1.82, 2.24) is 0 Å². The summed E-state index contributed by atoms with van der Waals surface area (Å²) in [6.45, 7) is 0. The van der Waals surface area contributed by atoms with Gasteiger partial charge >= 0.3 is 17.9 Å². The Morgan fingerprint density at radius 2 is 0.838 bits per heavy atom. The van der Waals surface area contributed by atoms with Crippen molar-refractivity contribution in [2.75, 3.05) is 0 Å². The van der Waals surface area contributed by atoms with Crippen LogP contribution in [0.15, 0.2) is 0 Å². The van der Waals surface area contributed by atoms with Crippen LogP contribution in [0.3, 0.4) is 0 Å². The van der Waals surface area contributed by atoms with Crippen LogP contribution in [0.25, 0.3) is 0 Å². The Bertz CT molecular complexity index is 853. The number of hydrogen-bond acceptors (Lipinski definition) is 16. The Kier molecular flexibility index (Phi) is 9.01. The van der Waals surface area contributed by atoms with Crippen molar-refractivity contribution in [1.29, 1.82) is 0 Å². The highest BCUT2D eigenvalue weighted by molar-refractivity contribution is 5.74. The van der Waals surface area contributed by atoms with Gasteiger partial charge in [0.05, 0.1) is 0 Å². The summed E-state index contributed by atoms with van der Waals surface area (Å²) in [5.41, 5.74) is 0. The van der Waals surface area contributed by atoms with Crippen LogP contribution in [0.1, 0.15) is 0 Å². The third-order valence-electron chi connectivity index (χ3n) is 5.99. The van der Waals surface area contributed by atoms with E-state index in [1.165, 1.54) is 0 Å². The van der Waals surface area contributed by atoms with E-state index in [1.807, 2.05) is 0 Å². The lowest BCUT2D eigenvalue weighted by Crippen LogP contribution is -2.67. The van der Waals surface area contributed by atoms with Crippen LogP contribution in [-0.2, 0) is 38.1 Å². The molecule has 37 heavy (non-hydrogen) atoms. The molecule has 0 aromatic rings. The highest BCUT2D eigenvalue weighted by Crippen LogP contribution is 2.32. The van der Waals surface area contributed by atoms with Crippen molar-refractivity contribution < 1.29 is 94.2 Å². The van der Waals surface area contributed by atoms with E-state index in [0.717, 1.165) is 0 Å². The fourth-order valence-electron chi connectivity index (χ4n) is 3.98. The molecule has 0 aliphatic carbocycles. The van der Waals surface area contributed by atoms with Crippen molar-refractivity contribution in [3.05, 3.63) is 0 Å². The lowest BCUT2D eigenvalue weighted by Gasteiger charge is -2.46. The number of carbonyl (C=O) groups is 3. The van der Waals surface area contributed by atoms with Gasteiger partial charge in [-0.1, -0.05) is 0 Å². The van der Waals surface area contributed by atoms with Gasteiger partial charge < -0.3 is 79.9 Å². The summed E-state index contributed by atoms with van der Waals surface area (Å²) in [7, 11) is 0. The van der Waals surface area contributed by atoms with Crippen molar-refractivity contribution in [2.45, 2.75) is 92.1 Å². The molecule has 0 aromatic carbocycles. The molecule has 0 spiro atoms. The average molecular weight is 546 g/mol. The number of aliphatic hydroxyl groups excluding tert-OH is 8. The molecule has 3 aliphatic rings. The van der Waals surface area contributed by atoms with E-state index in [-0.39, 0.29) is 0 Å². The largest absolute Gasteiger partial charge is 0.479 e. The maximum atomic E-state index is 11.8. The molecule has 19 heteroatoms. The van der Waals surface area contributed by atoms with Crippen LogP contribution in [0.5, 0.6) is 0 Å². The quantitative estimate of drug-likeness (QED) is 0.141. The van der Waals surface area contributed by atoms with E-state index in [4.69, 9.17) is 24.1 Å². The molecule has 0 aromatic heterocycles. The third-order valence-corrected chi connectivity index (χ3v) is 5.99. The molecule has 19 nitrogen and oxygen atoms in total. The molecule has 0 amide bonds. The summed E-state index contributed by atoms with van der Waals surface area (Å²) in [5, 5.41) is 108. The van der Waals surface area contributed by atoms with E-state index in [0.29, 0.717) is 0 Å². The van der Waals surface area contributed by atoms with Crippen LogP contribution in [0.4, 0.5) is 0 Å². The monoisotopic (exact) mass is 546 g/mol. The predicted octanol–water partition coefficient (Wildman–Crippen LogP) is -7.30. The van der Waals surface area contributed by atoms with Gasteiger partial charge in [-0.2, -0.15) is 0 Å². The van der Waals surface area contributed by atoms with Crippen molar-refractivity contribution >= 4 is 17.9 Å². The molecular formula is C18H26O19. The maximum absolute atomic E-state index is 11.8. The summed E-state index contributed by atoms with van der Waals surface area (Å²) < 4.78 is 24.8. The number of hydrogen-bond donors (Lipinski definition) is 11. The second-order valence-corrected chi connectivity index (χ2v) is 8.45. The number of carboxylic acid groups (broad SMARTS) is 3. The van der Waals surface area contributed by atoms with Gasteiger partial charge in [-0.05, 0) is 0 Å². The van der Waals surface area contributed by atoms with Crippen molar-refractivity contribution in [2.24, 2.45) is 0 Å². The maximum Gasteiger partial charge on any atom is 0.335 e. The molecule has 11 N–H and O–H groups in total. The van der Waals surface area contributed by atoms with E-state index in [1.54, 1.807) is 0 Å². The predicted molar refractivity (Wildman–Crippen MR) is 103 cm³/mol. The van der Waals surface area contributed by atoms with Gasteiger partial charge in [0.2, 0.25) is 0 Å². The summed E-state index contributed by atoms with van der Waals surface area (Å²) in [5.74, 6) is -5.46. The van der Waals surface area contributed by atoms with Crippen molar-refractivity contribution in [3.63, 3.8) is 0 Å². The number of rotatable bonds is 7. The van der Waals surface area contributed by atoms with Crippen LogP contribution < -0.4 is 0 Å². The Labute approximate surface area is 205 Å². The zero-order valence-electron chi connectivity index (χ0n) is 18.3. The van der Waals surface area contributed by atoms with Gasteiger partial charge in [0.1, 0.15) is 54.9 Å². The van der Waals surface area contributed by atoms with Crippen LogP contribution >= 0.6 is 0 Å². The Morgan fingerprint density at radius 1 is 0.459 bits per heavy atom. The first-order chi connectivity index (χ1) is 17.2. The summed E-state index contributed by atoms with van der Waals surface area (Å²) in [6, 6.07) is 0. The average Bonchev–Trinajstić information content (AvgIpc) is 2.82. The highest BCUT2D eigenvalue weighted by atomic mass is 16.8. The van der Waals surface area contributed by atoms with Crippen LogP contribution in [0, 0.1) is 0 Å². The molecule has 3 saturated heterocycles. The molecule has 212 valence electrons. The normalized spacial score (nSPS) is 48.8. The summed E-state index contributed by atoms with van der Waals surface area (Å²) >= 11 is 0. The zero-order valence-corrected chi connectivity index (χ0v) is 18.3. The fraction of sp³-hybridized carbons (Fsp3) is 0.833. The molecule has 3 rings (SSSR count). The van der Waals surface area contributed by atoms with Gasteiger partial charge in [0.25, 0.3) is 0 Å². The van der Waals surface area contributed by atoms with E-state index in [9.17, 15) is 65.4 Å². The zero-order chi connectivity index (χ0) is 27.9. The second kappa shape index (κ2) is 11.3. The number of aliphatic carboxylic acids is 3. The van der Waals surface area contributed by atoms with E-state index < -0.39 is 110 Å². The van der Waals surface area contributed by atoms with Gasteiger partial charge in [-0.3, -0.25) is 0 Å². The fourth-order valence-corrected chi connectivity index (χ4v) is 3.98. The molecule has 3 fully saturated rings. The molecule has 3 heterocycles. The van der Waals surface area contributed by atoms with Gasteiger partial charge in [-0.25, -0.2) is 14.4 Å². The molecule has 0 unspecified atom stereocenters. The summed E-state index contributed by atoms with van der Waals surface area (Å²) in [6.07, 6.45) is -32.5. The molecule has 0 bridgehead atoms. The molecule has 15 atom stereocenters. The van der Waals surface area contributed by atoms with Gasteiger partial charge in [-0.15, -0.1) is 0 Å². The molecular weight excluding hydrogens is 520 g/mol. The lowest BCUT2D eigenvalue weighted by molar-refractivity contribution is -0.368. The minimum Gasteiger partial charge on any atom is -0.479 e. The number of ether oxygens (including phenoxy) is 5. The van der Waals surface area contributed by atoms with E-state index >= 15 is 0 Å². The highest BCUT2D eigenvalue weighted by Gasteiger charge is 2.56. The second-order valence-electron chi connectivity index (χ2n) is 8.45. The van der Waals surface area contributed by atoms with Crippen molar-refractivity contribution in [3.8, 4) is 0 Å². The minimum atomic E-state index is -2.29. The third kappa shape index (κ3) is 5.68. The lowest BCUT2D eigenvalue weighted by atomic mass is 9.95. The topological polar surface area (TPSA) is 320 Å². The summed E-state index contributed by atoms with van der Waals surface area (Å²) in [4.78, 5) is 34.5. The molecule has 3 aliphatic heterocycles. The molecule has 0 radical (unpaired) electrons. The standard InChI is InChI=1S/C18H26O19/c19-1-2(20)10(13(26)27)36-17(6(1)24)35-9-4(22)7(25)18(37-12(9)15(30)31)34-8-3(21)5(23)16(32)33-11(8)14(28)29/h1-12,16-25,32H,(H,26,27)(H,28,29)(H,30,31)/t1-,2+,3-,4-,5-,6+,7-,8-,9+,10+,11+,12+,16+,17-,18+/m1/s1. The first-order valence-electron chi connectivity index (χ1n) is 10.6. The van der Waals surface area contributed by atoms with Crippen LogP contribution in [-0.4, -0.2) is 166 Å². The van der Waals surface area contributed by atoms with Gasteiger partial charge in [0, 0.05) is 0 Å². The number of aliphatic hydroxyl groups is 8. The first-order valence-corrected chi connectivity index (χ1v) is 10.6. The van der Waals surface area contributed by atoms with Gasteiger partial charge in [0.15, 0.2) is 37.2 Å². The minimum absolute atomic E-state index is 1.79. The van der Waals surface area contributed by atoms with Crippen LogP contribution in [0.2, 0.25) is 0 Å². The Morgan fingerprint density at radius 3 is 1.30 bits per heavy atom. The first kappa shape index (κ1) is 29.4. The SMILES string of the molecule is O=C(O)[C@H]1O[C@@H](O[C@H]2[C@H](O)[C@@H](O)[C@@H](O[C@@H]3[C@H](O)[C@@H](O)[C@@H](O)O[C@@H]3C(=O)O)O[C@@H]2C(=O)O)[C@@H](O)[C@H](O)[C@@H]1O. The van der Waals surface area contributed by atoms with E-state index in [2.05, 4.69) is 4.74 Å². The number of carboxylic acids is 3. The smallest absolute Gasteiger partial charge is 0.335 e. The molecule has 0 saturated carbocycles. The Hall–Kier alpha value is -2.11. The Balaban J connectivity index is 1.81.